The Balaban J connectivity index is 2.01. The van der Waals surface area contributed by atoms with E-state index in [9.17, 15) is 0 Å². The first-order valence-corrected chi connectivity index (χ1v) is 7.92. The fraction of sp³-hybridized carbons (Fsp3) is 0.400. The summed E-state index contributed by atoms with van der Waals surface area (Å²) in [7, 11) is 0. The molecular formula is C20H27NO. The highest BCUT2D eigenvalue weighted by atomic mass is 16.5. The van der Waals surface area contributed by atoms with Crippen molar-refractivity contribution >= 4 is 5.69 Å². The van der Waals surface area contributed by atoms with Gasteiger partial charge in [-0.2, -0.15) is 0 Å². The SMILES string of the molecule is Cc1cc(C)c(NCC(C)Oc2cc(C)ccc2C)c(C)c1. The molecule has 0 saturated heterocycles. The molecule has 2 aromatic rings. The zero-order valence-electron chi connectivity index (χ0n) is 14.6. The fourth-order valence-electron chi connectivity index (χ4n) is 2.80. The van der Waals surface area contributed by atoms with Crippen LogP contribution in [0.3, 0.4) is 0 Å². The van der Waals surface area contributed by atoms with Crippen molar-refractivity contribution in [3.63, 3.8) is 0 Å². The van der Waals surface area contributed by atoms with Gasteiger partial charge >= 0.3 is 0 Å². The lowest BCUT2D eigenvalue weighted by molar-refractivity contribution is 0.233. The van der Waals surface area contributed by atoms with Gasteiger partial charge in [0.2, 0.25) is 0 Å². The molecule has 0 aromatic heterocycles. The van der Waals surface area contributed by atoms with Crippen molar-refractivity contribution in [2.75, 3.05) is 11.9 Å². The summed E-state index contributed by atoms with van der Waals surface area (Å²) in [5.41, 5.74) is 7.52. The molecule has 0 aliphatic carbocycles. The number of nitrogens with one attached hydrogen (secondary N) is 1. The molecule has 0 bridgehead atoms. The molecule has 1 N–H and O–H groups in total. The van der Waals surface area contributed by atoms with Crippen molar-refractivity contribution in [1.82, 2.24) is 0 Å². The van der Waals surface area contributed by atoms with Crippen LogP contribution < -0.4 is 10.1 Å². The molecule has 0 amide bonds. The molecule has 2 nitrogen and oxygen atoms in total. The molecule has 0 saturated carbocycles. The van der Waals surface area contributed by atoms with Crippen LogP contribution in [0, 0.1) is 34.6 Å². The Hall–Kier alpha value is -1.96. The monoisotopic (exact) mass is 297 g/mol. The second-order valence-corrected chi connectivity index (χ2v) is 6.35. The molecule has 0 fully saturated rings. The van der Waals surface area contributed by atoms with Gasteiger partial charge in [-0.25, -0.2) is 0 Å². The minimum Gasteiger partial charge on any atom is -0.489 e. The second kappa shape index (κ2) is 6.87. The molecule has 1 atom stereocenters. The maximum absolute atomic E-state index is 6.09. The quantitative estimate of drug-likeness (QED) is 0.828. The predicted molar refractivity (Wildman–Crippen MR) is 95.1 cm³/mol. The van der Waals surface area contributed by atoms with Crippen molar-refractivity contribution in [2.45, 2.75) is 47.6 Å². The van der Waals surface area contributed by atoms with E-state index in [1.807, 2.05) is 0 Å². The minimum atomic E-state index is 0.112. The largest absolute Gasteiger partial charge is 0.489 e. The van der Waals surface area contributed by atoms with E-state index < -0.39 is 0 Å². The van der Waals surface area contributed by atoms with Crippen LogP contribution in [0.25, 0.3) is 0 Å². The van der Waals surface area contributed by atoms with Gasteiger partial charge in [0.05, 0.1) is 6.54 Å². The van der Waals surface area contributed by atoms with Crippen molar-refractivity contribution in [2.24, 2.45) is 0 Å². The standard InChI is InChI=1S/C20H27NO/c1-13-7-8-15(3)19(11-13)22-18(6)12-21-20-16(4)9-14(2)10-17(20)5/h7-11,18,21H,12H2,1-6H3. The van der Waals surface area contributed by atoms with E-state index in [2.05, 4.69) is 77.2 Å². The maximum atomic E-state index is 6.09. The third-order valence-corrected chi connectivity index (χ3v) is 3.92. The van der Waals surface area contributed by atoms with Crippen LogP contribution in [0.2, 0.25) is 0 Å². The van der Waals surface area contributed by atoms with Gasteiger partial charge in [0.25, 0.3) is 0 Å². The Labute approximate surface area is 134 Å². The molecule has 0 aliphatic heterocycles. The zero-order chi connectivity index (χ0) is 16.3. The summed E-state index contributed by atoms with van der Waals surface area (Å²) in [4.78, 5) is 0. The average molecular weight is 297 g/mol. The number of aryl methyl sites for hydroxylation is 5. The smallest absolute Gasteiger partial charge is 0.122 e. The Kier molecular flexibility index (Phi) is 5.12. The molecule has 0 aliphatic rings. The maximum Gasteiger partial charge on any atom is 0.122 e. The summed E-state index contributed by atoms with van der Waals surface area (Å²) in [6.07, 6.45) is 0.112. The van der Waals surface area contributed by atoms with Crippen LogP contribution in [-0.2, 0) is 0 Å². The number of anilines is 1. The Morgan fingerprint density at radius 2 is 1.50 bits per heavy atom. The highest BCUT2D eigenvalue weighted by Crippen LogP contribution is 2.23. The van der Waals surface area contributed by atoms with Crippen molar-refractivity contribution in [3.05, 3.63) is 58.1 Å². The summed E-state index contributed by atoms with van der Waals surface area (Å²) in [6.45, 7) is 13.5. The third-order valence-electron chi connectivity index (χ3n) is 3.92. The van der Waals surface area contributed by atoms with Crippen LogP contribution in [0.5, 0.6) is 5.75 Å². The van der Waals surface area contributed by atoms with Crippen LogP contribution in [0.15, 0.2) is 30.3 Å². The van der Waals surface area contributed by atoms with E-state index in [4.69, 9.17) is 4.74 Å². The van der Waals surface area contributed by atoms with Gasteiger partial charge in [0, 0.05) is 5.69 Å². The highest BCUT2D eigenvalue weighted by molar-refractivity contribution is 5.58. The summed E-state index contributed by atoms with van der Waals surface area (Å²) < 4.78 is 6.09. The number of benzene rings is 2. The Morgan fingerprint density at radius 1 is 0.864 bits per heavy atom. The molecule has 2 rings (SSSR count). The van der Waals surface area contributed by atoms with E-state index in [1.165, 1.54) is 33.5 Å². The molecule has 0 spiro atoms. The molecule has 118 valence electrons. The highest BCUT2D eigenvalue weighted by Gasteiger charge is 2.09. The lowest BCUT2D eigenvalue weighted by Gasteiger charge is -2.20. The first-order chi connectivity index (χ1) is 10.4. The number of ether oxygens (including phenoxy) is 1. The van der Waals surface area contributed by atoms with Gasteiger partial charge in [0.1, 0.15) is 11.9 Å². The molecule has 2 heteroatoms. The molecule has 1 unspecified atom stereocenters. The Bertz CT molecular complexity index is 638. The van der Waals surface area contributed by atoms with Crippen LogP contribution in [-0.4, -0.2) is 12.6 Å². The first-order valence-electron chi connectivity index (χ1n) is 7.92. The van der Waals surface area contributed by atoms with Crippen LogP contribution in [0.1, 0.15) is 34.7 Å². The predicted octanol–water partition coefficient (Wildman–Crippen LogP) is 5.11. The van der Waals surface area contributed by atoms with Gasteiger partial charge in [-0.3, -0.25) is 0 Å². The molecule has 2 aromatic carbocycles. The summed E-state index contributed by atoms with van der Waals surface area (Å²) in [6, 6.07) is 10.8. The van der Waals surface area contributed by atoms with E-state index in [-0.39, 0.29) is 6.10 Å². The second-order valence-electron chi connectivity index (χ2n) is 6.35. The van der Waals surface area contributed by atoms with Gasteiger partial charge in [-0.15, -0.1) is 0 Å². The normalized spacial score (nSPS) is 12.1. The molecule has 0 heterocycles. The van der Waals surface area contributed by atoms with E-state index in [0.29, 0.717) is 0 Å². The average Bonchev–Trinajstić information content (AvgIpc) is 2.41. The van der Waals surface area contributed by atoms with E-state index in [1.54, 1.807) is 0 Å². The van der Waals surface area contributed by atoms with Crippen molar-refractivity contribution in [1.29, 1.82) is 0 Å². The molecule has 22 heavy (non-hydrogen) atoms. The van der Waals surface area contributed by atoms with Gasteiger partial charge in [0.15, 0.2) is 0 Å². The summed E-state index contributed by atoms with van der Waals surface area (Å²) in [5, 5.41) is 3.54. The zero-order valence-corrected chi connectivity index (χ0v) is 14.6. The van der Waals surface area contributed by atoms with E-state index in [0.717, 1.165) is 12.3 Å². The lowest BCUT2D eigenvalue weighted by Crippen LogP contribution is -2.23. The number of rotatable bonds is 5. The lowest BCUT2D eigenvalue weighted by atomic mass is 10.1. The number of hydrogen-bond donors (Lipinski definition) is 1. The molecular weight excluding hydrogens is 270 g/mol. The van der Waals surface area contributed by atoms with Gasteiger partial charge in [-0.1, -0.05) is 29.8 Å². The van der Waals surface area contributed by atoms with E-state index >= 15 is 0 Å². The van der Waals surface area contributed by atoms with Gasteiger partial charge < -0.3 is 10.1 Å². The summed E-state index contributed by atoms with van der Waals surface area (Å²) >= 11 is 0. The Morgan fingerprint density at radius 3 is 2.14 bits per heavy atom. The summed E-state index contributed by atoms with van der Waals surface area (Å²) in [5.74, 6) is 0.978. The van der Waals surface area contributed by atoms with Crippen LogP contribution >= 0.6 is 0 Å². The number of hydrogen-bond acceptors (Lipinski definition) is 2. The minimum absolute atomic E-state index is 0.112. The third kappa shape index (κ3) is 4.03. The van der Waals surface area contributed by atoms with Crippen LogP contribution in [0.4, 0.5) is 5.69 Å². The van der Waals surface area contributed by atoms with Crippen molar-refractivity contribution < 1.29 is 4.74 Å². The fourth-order valence-corrected chi connectivity index (χ4v) is 2.80. The first kappa shape index (κ1) is 16.4. The van der Waals surface area contributed by atoms with Crippen molar-refractivity contribution in [3.8, 4) is 5.75 Å². The van der Waals surface area contributed by atoms with Gasteiger partial charge in [-0.05, 0) is 69.9 Å². The topological polar surface area (TPSA) is 21.3 Å². The molecule has 0 radical (unpaired) electrons.